The Morgan fingerprint density at radius 3 is 2.59 bits per heavy atom. The molecule has 0 radical (unpaired) electrons. The van der Waals surface area contributed by atoms with E-state index in [0.29, 0.717) is 22.9 Å². The van der Waals surface area contributed by atoms with Crippen LogP contribution in [-0.2, 0) is 0 Å². The Bertz CT molecular complexity index is 450. The average molecular weight is 233 g/mol. The second kappa shape index (κ2) is 3.95. The van der Waals surface area contributed by atoms with Crippen LogP contribution in [0.1, 0.15) is 37.0 Å². The maximum atomic E-state index is 11.4. The number of para-hydroxylation sites is 1. The lowest BCUT2D eigenvalue weighted by Gasteiger charge is -2.29. The zero-order chi connectivity index (χ0) is 12.6. The van der Waals surface area contributed by atoms with E-state index in [9.17, 15) is 4.79 Å². The highest BCUT2D eigenvalue weighted by Gasteiger charge is 2.38. The highest BCUT2D eigenvalue weighted by molar-refractivity contribution is 6.01. The lowest BCUT2D eigenvalue weighted by molar-refractivity contribution is 0.100. The molecule has 92 valence electrons. The summed E-state index contributed by atoms with van der Waals surface area (Å²) < 4.78 is 0. The number of amides is 1. The Labute approximate surface area is 101 Å². The third-order valence-corrected chi connectivity index (χ3v) is 3.41. The van der Waals surface area contributed by atoms with E-state index in [1.54, 1.807) is 18.2 Å². The third kappa shape index (κ3) is 2.35. The molecule has 5 N–H and O–H groups in total. The number of anilines is 2. The van der Waals surface area contributed by atoms with Crippen molar-refractivity contribution in [2.24, 2.45) is 11.7 Å². The first-order chi connectivity index (χ1) is 7.92. The second-order valence-electron chi connectivity index (χ2n) is 5.26. The molecule has 2 rings (SSSR count). The first kappa shape index (κ1) is 11.8. The van der Waals surface area contributed by atoms with Gasteiger partial charge in [-0.2, -0.15) is 0 Å². The number of hydrogen-bond acceptors (Lipinski definition) is 3. The molecule has 1 fully saturated rings. The molecular weight excluding hydrogens is 214 g/mol. The number of benzene rings is 1. The van der Waals surface area contributed by atoms with Crippen molar-refractivity contribution in [3.8, 4) is 0 Å². The van der Waals surface area contributed by atoms with E-state index in [-0.39, 0.29) is 5.54 Å². The van der Waals surface area contributed by atoms with Crippen molar-refractivity contribution >= 4 is 17.3 Å². The summed E-state index contributed by atoms with van der Waals surface area (Å²) in [5.41, 5.74) is 12.9. The van der Waals surface area contributed by atoms with Crippen LogP contribution in [0.5, 0.6) is 0 Å². The molecule has 0 aromatic heterocycles. The van der Waals surface area contributed by atoms with Crippen molar-refractivity contribution in [1.29, 1.82) is 0 Å². The number of nitrogens with one attached hydrogen (secondary N) is 1. The first-order valence-electron chi connectivity index (χ1n) is 5.88. The van der Waals surface area contributed by atoms with Gasteiger partial charge in [0.2, 0.25) is 0 Å². The molecule has 4 heteroatoms. The van der Waals surface area contributed by atoms with Gasteiger partial charge in [0, 0.05) is 5.54 Å². The minimum Gasteiger partial charge on any atom is -0.397 e. The normalized spacial score (nSPS) is 15.6. The fourth-order valence-corrected chi connectivity index (χ4v) is 2.14. The van der Waals surface area contributed by atoms with E-state index >= 15 is 0 Å². The van der Waals surface area contributed by atoms with Gasteiger partial charge in [0.05, 0.1) is 16.9 Å². The molecular formula is C13H19N3O. The monoisotopic (exact) mass is 233 g/mol. The topological polar surface area (TPSA) is 81.1 Å². The number of carbonyl (C=O) groups excluding carboxylic acids is 1. The number of nitrogens with two attached hydrogens (primary N) is 2. The molecule has 0 heterocycles. The minimum absolute atomic E-state index is 0.0559. The van der Waals surface area contributed by atoms with Crippen molar-refractivity contribution in [2.45, 2.75) is 32.2 Å². The van der Waals surface area contributed by atoms with Gasteiger partial charge in [-0.15, -0.1) is 0 Å². The first-order valence-corrected chi connectivity index (χ1v) is 5.88. The fourth-order valence-electron chi connectivity index (χ4n) is 2.14. The maximum absolute atomic E-state index is 11.4. The molecule has 1 aliphatic carbocycles. The summed E-state index contributed by atoms with van der Waals surface area (Å²) in [6, 6.07) is 5.21. The minimum atomic E-state index is -0.452. The SMILES string of the molecule is CC(C)(Nc1c(N)cccc1C(N)=O)C1CC1. The zero-order valence-electron chi connectivity index (χ0n) is 10.3. The van der Waals surface area contributed by atoms with Crippen molar-refractivity contribution in [3.63, 3.8) is 0 Å². The summed E-state index contributed by atoms with van der Waals surface area (Å²) in [5.74, 6) is 0.189. The molecule has 0 aliphatic heterocycles. The fraction of sp³-hybridized carbons (Fsp3) is 0.462. The van der Waals surface area contributed by atoms with E-state index in [0.717, 1.165) is 0 Å². The molecule has 4 nitrogen and oxygen atoms in total. The van der Waals surface area contributed by atoms with Crippen molar-refractivity contribution in [1.82, 2.24) is 0 Å². The molecule has 1 aliphatic rings. The molecule has 0 unspecified atom stereocenters. The number of rotatable bonds is 4. The van der Waals surface area contributed by atoms with Gasteiger partial charge in [0.15, 0.2) is 0 Å². The summed E-state index contributed by atoms with van der Waals surface area (Å²) in [6.45, 7) is 4.25. The second-order valence-corrected chi connectivity index (χ2v) is 5.26. The van der Waals surface area contributed by atoms with Crippen LogP contribution in [0.3, 0.4) is 0 Å². The number of primary amides is 1. The summed E-state index contributed by atoms with van der Waals surface area (Å²) in [7, 11) is 0. The zero-order valence-corrected chi connectivity index (χ0v) is 10.3. The van der Waals surface area contributed by atoms with Crippen LogP contribution >= 0.6 is 0 Å². The van der Waals surface area contributed by atoms with E-state index in [1.807, 2.05) is 0 Å². The largest absolute Gasteiger partial charge is 0.397 e. The summed E-state index contributed by atoms with van der Waals surface area (Å²) in [5, 5.41) is 3.37. The predicted molar refractivity (Wildman–Crippen MR) is 69.8 cm³/mol. The number of hydrogen-bond donors (Lipinski definition) is 3. The quantitative estimate of drug-likeness (QED) is 0.695. The highest BCUT2D eigenvalue weighted by atomic mass is 16.1. The van der Waals surface area contributed by atoms with Gasteiger partial charge in [-0.25, -0.2) is 0 Å². The summed E-state index contributed by atoms with van der Waals surface area (Å²) in [6.07, 6.45) is 2.44. The average Bonchev–Trinajstić information content (AvgIpc) is 3.03. The molecule has 0 saturated heterocycles. The summed E-state index contributed by atoms with van der Waals surface area (Å²) in [4.78, 5) is 11.4. The van der Waals surface area contributed by atoms with Crippen LogP contribution in [0.15, 0.2) is 18.2 Å². The van der Waals surface area contributed by atoms with Crippen LogP contribution in [0.4, 0.5) is 11.4 Å². The molecule has 1 aromatic rings. The van der Waals surface area contributed by atoms with Crippen LogP contribution in [-0.4, -0.2) is 11.4 Å². The Morgan fingerprint density at radius 2 is 2.06 bits per heavy atom. The van der Waals surface area contributed by atoms with Crippen LogP contribution in [0.25, 0.3) is 0 Å². The Balaban J connectivity index is 2.33. The van der Waals surface area contributed by atoms with E-state index in [1.165, 1.54) is 12.8 Å². The van der Waals surface area contributed by atoms with E-state index in [2.05, 4.69) is 19.2 Å². The standard InChI is InChI=1S/C13H19N3O/c1-13(2,8-6-7-8)16-11-9(12(15)17)4-3-5-10(11)14/h3-5,8,16H,6-7,14H2,1-2H3,(H2,15,17). The van der Waals surface area contributed by atoms with Crippen molar-refractivity contribution in [3.05, 3.63) is 23.8 Å². The molecule has 1 aromatic carbocycles. The molecule has 0 spiro atoms. The molecule has 1 amide bonds. The smallest absolute Gasteiger partial charge is 0.250 e. The Morgan fingerprint density at radius 1 is 1.41 bits per heavy atom. The highest BCUT2D eigenvalue weighted by Crippen LogP contribution is 2.42. The molecule has 0 atom stereocenters. The van der Waals surface area contributed by atoms with E-state index in [4.69, 9.17) is 11.5 Å². The molecule has 1 saturated carbocycles. The van der Waals surface area contributed by atoms with Crippen LogP contribution in [0, 0.1) is 5.92 Å². The summed E-state index contributed by atoms with van der Waals surface area (Å²) >= 11 is 0. The van der Waals surface area contributed by atoms with Crippen LogP contribution in [0.2, 0.25) is 0 Å². The predicted octanol–water partition coefficient (Wildman–Crippen LogP) is 1.97. The van der Waals surface area contributed by atoms with Gasteiger partial charge >= 0.3 is 0 Å². The lowest BCUT2D eigenvalue weighted by Crippen LogP contribution is -2.34. The van der Waals surface area contributed by atoms with Gasteiger partial charge in [-0.3, -0.25) is 4.79 Å². The van der Waals surface area contributed by atoms with Gasteiger partial charge in [-0.1, -0.05) is 6.07 Å². The van der Waals surface area contributed by atoms with Gasteiger partial charge < -0.3 is 16.8 Å². The lowest BCUT2D eigenvalue weighted by atomic mass is 9.97. The number of nitrogen functional groups attached to an aromatic ring is 1. The Hall–Kier alpha value is -1.71. The number of carbonyl (C=O) groups is 1. The van der Waals surface area contributed by atoms with Gasteiger partial charge in [-0.05, 0) is 44.7 Å². The third-order valence-electron chi connectivity index (χ3n) is 3.41. The van der Waals surface area contributed by atoms with Crippen LogP contribution < -0.4 is 16.8 Å². The van der Waals surface area contributed by atoms with Crippen molar-refractivity contribution < 1.29 is 4.79 Å². The van der Waals surface area contributed by atoms with Gasteiger partial charge in [0.1, 0.15) is 0 Å². The van der Waals surface area contributed by atoms with Gasteiger partial charge in [0.25, 0.3) is 5.91 Å². The Kier molecular flexibility index (Phi) is 2.73. The molecule has 17 heavy (non-hydrogen) atoms. The van der Waals surface area contributed by atoms with Crippen molar-refractivity contribution in [2.75, 3.05) is 11.1 Å². The maximum Gasteiger partial charge on any atom is 0.250 e. The molecule has 0 bridgehead atoms. The van der Waals surface area contributed by atoms with E-state index < -0.39 is 5.91 Å².